The summed E-state index contributed by atoms with van der Waals surface area (Å²) in [4.78, 5) is 16.6. The zero-order valence-electron chi connectivity index (χ0n) is 12.6. The summed E-state index contributed by atoms with van der Waals surface area (Å²) in [6.07, 6.45) is 5.29. The summed E-state index contributed by atoms with van der Waals surface area (Å²) < 4.78 is 5.01. The number of ether oxygens (including phenoxy) is 1. The molecule has 1 rings (SSSR count). The van der Waals surface area contributed by atoms with Crippen molar-refractivity contribution < 1.29 is 9.53 Å². The lowest BCUT2D eigenvalue weighted by molar-refractivity contribution is -0.135. The highest BCUT2D eigenvalue weighted by molar-refractivity contribution is 5.82. The van der Waals surface area contributed by atoms with Gasteiger partial charge in [-0.05, 0) is 33.4 Å². The van der Waals surface area contributed by atoms with E-state index < -0.39 is 6.04 Å². The number of hydrogen-bond donors (Lipinski definition) is 1. The normalized spacial score (nSPS) is 17.9. The van der Waals surface area contributed by atoms with Crippen molar-refractivity contribution in [3.05, 3.63) is 0 Å². The summed E-state index contributed by atoms with van der Waals surface area (Å²) in [7, 11) is 5.70. The molecule has 2 N–H and O–H groups in total. The quantitative estimate of drug-likeness (QED) is 0.705. The number of carbonyl (C=O) groups is 1. The summed E-state index contributed by atoms with van der Waals surface area (Å²) >= 11 is 0. The molecule has 19 heavy (non-hydrogen) atoms. The molecule has 1 aliphatic carbocycles. The number of likely N-dealkylation sites (N-methyl/N-ethyl adjacent to an activating group) is 1. The number of nitrogens with zero attached hydrogens (tertiary/aromatic N) is 2. The maximum Gasteiger partial charge on any atom is 0.239 e. The van der Waals surface area contributed by atoms with Gasteiger partial charge in [0.1, 0.15) is 0 Å². The van der Waals surface area contributed by atoms with Crippen LogP contribution in [0.2, 0.25) is 0 Å². The van der Waals surface area contributed by atoms with Crippen LogP contribution < -0.4 is 5.73 Å². The van der Waals surface area contributed by atoms with Crippen molar-refractivity contribution in [2.75, 3.05) is 40.9 Å². The van der Waals surface area contributed by atoms with Crippen molar-refractivity contribution >= 4 is 5.91 Å². The number of amides is 1. The van der Waals surface area contributed by atoms with E-state index in [1.54, 1.807) is 7.11 Å². The Balaban J connectivity index is 2.57. The van der Waals surface area contributed by atoms with Crippen LogP contribution in [-0.2, 0) is 9.53 Å². The van der Waals surface area contributed by atoms with Crippen LogP contribution in [0.3, 0.4) is 0 Å². The Labute approximate surface area is 117 Å². The van der Waals surface area contributed by atoms with Gasteiger partial charge in [-0.15, -0.1) is 0 Å². The first-order valence-electron chi connectivity index (χ1n) is 7.26. The second kappa shape index (κ2) is 8.51. The summed E-state index contributed by atoms with van der Waals surface area (Å²) in [6, 6.07) is -0.0382. The third-order valence-electron chi connectivity index (χ3n) is 3.79. The van der Waals surface area contributed by atoms with E-state index in [0.29, 0.717) is 19.1 Å². The maximum absolute atomic E-state index is 12.5. The largest absolute Gasteiger partial charge is 0.385 e. The molecule has 1 amide bonds. The van der Waals surface area contributed by atoms with Gasteiger partial charge in [0.2, 0.25) is 5.91 Å². The van der Waals surface area contributed by atoms with Crippen LogP contribution in [-0.4, -0.2) is 68.7 Å². The fourth-order valence-electron chi connectivity index (χ4n) is 2.58. The molecule has 0 aliphatic heterocycles. The lowest BCUT2D eigenvalue weighted by Gasteiger charge is -2.32. The zero-order chi connectivity index (χ0) is 14.3. The van der Waals surface area contributed by atoms with E-state index in [4.69, 9.17) is 10.5 Å². The molecule has 0 aromatic carbocycles. The molecular weight excluding hydrogens is 242 g/mol. The number of methoxy groups -OCH3 is 1. The SMILES string of the molecule is COCCC(N)C(=O)N(CCN(C)C)C1CCCC1. The molecule has 0 bridgehead atoms. The van der Waals surface area contributed by atoms with Crippen LogP contribution in [0.5, 0.6) is 0 Å². The van der Waals surface area contributed by atoms with Crippen molar-refractivity contribution in [1.29, 1.82) is 0 Å². The highest BCUT2D eigenvalue weighted by Gasteiger charge is 2.29. The van der Waals surface area contributed by atoms with Gasteiger partial charge in [-0.2, -0.15) is 0 Å². The third-order valence-corrected chi connectivity index (χ3v) is 3.79. The average Bonchev–Trinajstić information content (AvgIpc) is 2.89. The number of rotatable bonds is 8. The van der Waals surface area contributed by atoms with Crippen molar-refractivity contribution in [2.45, 2.75) is 44.2 Å². The van der Waals surface area contributed by atoms with Gasteiger partial charge < -0.3 is 20.3 Å². The standard InChI is InChI=1S/C14H29N3O2/c1-16(2)9-10-17(12-6-4-5-7-12)14(18)13(15)8-11-19-3/h12-13H,4-11,15H2,1-3H3. The van der Waals surface area contributed by atoms with Gasteiger partial charge in [-0.25, -0.2) is 0 Å². The van der Waals surface area contributed by atoms with Crippen LogP contribution >= 0.6 is 0 Å². The van der Waals surface area contributed by atoms with Gasteiger partial charge in [0.15, 0.2) is 0 Å². The Bertz CT molecular complexity index is 265. The molecule has 1 unspecified atom stereocenters. The summed E-state index contributed by atoms with van der Waals surface area (Å²) in [5, 5.41) is 0. The number of carbonyl (C=O) groups excluding carboxylic acids is 1. The monoisotopic (exact) mass is 271 g/mol. The van der Waals surface area contributed by atoms with Crippen molar-refractivity contribution in [1.82, 2.24) is 9.80 Å². The highest BCUT2D eigenvalue weighted by atomic mass is 16.5. The first-order valence-corrected chi connectivity index (χ1v) is 7.26. The second-order valence-corrected chi connectivity index (χ2v) is 5.66. The Morgan fingerprint density at radius 1 is 1.32 bits per heavy atom. The van der Waals surface area contributed by atoms with E-state index in [-0.39, 0.29) is 5.91 Å². The third kappa shape index (κ3) is 5.47. The molecule has 0 aromatic rings. The topological polar surface area (TPSA) is 58.8 Å². The Morgan fingerprint density at radius 2 is 1.95 bits per heavy atom. The fraction of sp³-hybridized carbons (Fsp3) is 0.929. The lowest BCUT2D eigenvalue weighted by Crippen LogP contribution is -2.50. The van der Waals surface area contributed by atoms with Crippen LogP contribution in [0.1, 0.15) is 32.1 Å². The molecule has 0 aromatic heterocycles. The molecule has 1 fully saturated rings. The van der Waals surface area contributed by atoms with Crippen LogP contribution in [0, 0.1) is 0 Å². The Hall–Kier alpha value is -0.650. The summed E-state index contributed by atoms with van der Waals surface area (Å²) in [5.74, 6) is 0.0887. The van der Waals surface area contributed by atoms with Gasteiger partial charge in [0.05, 0.1) is 6.04 Å². The van der Waals surface area contributed by atoms with E-state index in [2.05, 4.69) is 4.90 Å². The lowest BCUT2D eigenvalue weighted by atomic mass is 10.1. The molecular formula is C14H29N3O2. The van der Waals surface area contributed by atoms with Gasteiger partial charge in [0.25, 0.3) is 0 Å². The maximum atomic E-state index is 12.5. The molecule has 0 heterocycles. The van der Waals surface area contributed by atoms with E-state index in [1.165, 1.54) is 12.8 Å². The molecule has 1 atom stereocenters. The fourth-order valence-corrected chi connectivity index (χ4v) is 2.58. The van der Waals surface area contributed by atoms with Crippen LogP contribution in [0.15, 0.2) is 0 Å². The van der Waals surface area contributed by atoms with Crippen LogP contribution in [0.25, 0.3) is 0 Å². The zero-order valence-corrected chi connectivity index (χ0v) is 12.6. The number of hydrogen-bond acceptors (Lipinski definition) is 4. The molecule has 5 heteroatoms. The first kappa shape index (κ1) is 16.4. The minimum absolute atomic E-state index is 0.0887. The van der Waals surface area contributed by atoms with Gasteiger partial charge in [-0.3, -0.25) is 4.79 Å². The van der Waals surface area contributed by atoms with Crippen molar-refractivity contribution in [2.24, 2.45) is 5.73 Å². The van der Waals surface area contributed by atoms with Gasteiger partial charge in [-0.1, -0.05) is 12.8 Å². The molecule has 0 spiro atoms. The van der Waals surface area contributed by atoms with Gasteiger partial charge in [0, 0.05) is 32.8 Å². The second-order valence-electron chi connectivity index (χ2n) is 5.66. The molecule has 0 saturated heterocycles. The first-order chi connectivity index (χ1) is 9.06. The molecule has 5 nitrogen and oxygen atoms in total. The van der Waals surface area contributed by atoms with E-state index in [0.717, 1.165) is 25.9 Å². The highest BCUT2D eigenvalue weighted by Crippen LogP contribution is 2.24. The molecule has 1 saturated carbocycles. The summed E-state index contributed by atoms with van der Waals surface area (Å²) in [6.45, 7) is 2.20. The molecule has 0 radical (unpaired) electrons. The van der Waals surface area contributed by atoms with Crippen molar-refractivity contribution in [3.8, 4) is 0 Å². The van der Waals surface area contributed by atoms with E-state index >= 15 is 0 Å². The van der Waals surface area contributed by atoms with E-state index in [9.17, 15) is 4.79 Å². The van der Waals surface area contributed by atoms with Crippen LogP contribution in [0.4, 0.5) is 0 Å². The van der Waals surface area contributed by atoms with Gasteiger partial charge >= 0.3 is 0 Å². The predicted molar refractivity (Wildman–Crippen MR) is 77.0 cm³/mol. The predicted octanol–water partition coefficient (Wildman–Crippen LogP) is 0.683. The minimum Gasteiger partial charge on any atom is -0.385 e. The average molecular weight is 271 g/mol. The molecule has 1 aliphatic rings. The van der Waals surface area contributed by atoms with Crippen molar-refractivity contribution in [3.63, 3.8) is 0 Å². The number of nitrogens with two attached hydrogens (primary N) is 1. The minimum atomic E-state index is -0.428. The Morgan fingerprint density at radius 3 is 2.47 bits per heavy atom. The summed E-state index contributed by atoms with van der Waals surface area (Å²) in [5.41, 5.74) is 5.99. The molecule has 112 valence electrons. The van der Waals surface area contributed by atoms with E-state index in [1.807, 2.05) is 19.0 Å². The smallest absolute Gasteiger partial charge is 0.239 e. The Kier molecular flexibility index (Phi) is 7.34.